The van der Waals surface area contributed by atoms with Crippen LogP contribution in [0.3, 0.4) is 0 Å². The van der Waals surface area contributed by atoms with Gasteiger partial charge in [0.25, 0.3) is 0 Å². The fourth-order valence-corrected chi connectivity index (χ4v) is 7.28. The van der Waals surface area contributed by atoms with Crippen molar-refractivity contribution < 1.29 is 0 Å². The Bertz CT molecular complexity index is 1390. The highest BCUT2D eigenvalue weighted by molar-refractivity contribution is 7.26. The van der Waals surface area contributed by atoms with Crippen molar-refractivity contribution in [3.63, 3.8) is 0 Å². The Hall–Kier alpha value is -2.42. The third-order valence-corrected chi connectivity index (χ3v) is 9.21. The molecule has 0 nitrogen and oxygen atoms in total. The van der Waals surface area contributed by atoms with Crippen LogP contribution in [0.15, 0.2) is 78.9 Å². The lowest BCUT2D eigenvalue weighted by atomic mass is 9.83. The smallest absolute Gasteiger partial charge is 0.0392 e. The van der Waals surface area contributed by atoms with Crippen LogP contribution in [0, 0.1) is 0 Å². The SMILES string of the molecule is CC(C)(C)c1cccc2c1sc1c(CC(C)(C)c3ccc(-c4ccccc4)s3)cccc12. The molecule has 0 radical (unpaired) electrons. The van der Waals surface area contributed by atoms with Crippen molar-refractivity contribution in [3.8, 4) is 10.4 Å². The summed E-state index contributed by atoms with van der Waals surface area (Å²) >= 11 is 3.91. The van der Waals surface area contributed by atoms with Crippen molar-refractivity contribution >= 4 is 42.8 Å². The Morgan fingerprint density at radius 3 is 2.03 bits per heavy atom. The molecule has 5 rings (SSSR count). The molecule has 0 N–H and O–H groups in total. The maximum atomic E-state index is 2.39. The predicted octanol–water partition coefficient (Wildman–Crippen LogP) is 9.60. The van der Waals surface area contributed by atoms with Crippen LogP contribution in [0.1, 0.15) is 50.6 Å². The van der Waals surface area contributed by atoms with E-state index >= 15 is 0 Å². The van der Waals surface area contributed by atoms with E-state index in [2.05, 4.69) is 113 Å². The van der Waals surface area contributed by atoms with Gasteiger partial charge in [0.05, 0.1) is 0 Å². The van der Waals surface area contributed by atoms with Gasteiger partial charge in [-0.25, -0.2) is 0 Å². The predicted molar refractivity (Wildman–Crippen MR) is 145 cm³/mol. The molecule has 0 saturated carbocycles. The van der Waals surface area contributed by atoms with Gasteiger partial charge in [0, 0.05) is 35.3 Å². The van der Waals surface area contributed by atoms with E-state index < -0.39 is 0 Å². The summed E-state index contributed by atoms with van der Waals surface area (Å²) in [4.78, 5) is 2.80. The molecular weight excluding hydrogens is 424 g/mol. The van der Waals surface area contributed by atoms with Crippen LogP contribution < -0.4 is 0 Å². The Balaban J connectivity index is 1.56. The van der Waals surface area contributed by atoms with Crippen LogP contribution in [0.25, 0.3) is 30.6 Å². The van der Waals surface area contributed by atoms with Gasteiger partial charge < -0.3 is 0 Å². The second-order valence-electron chi connectivity index (χ2n) is 10.4. The molecule has 0 fully saturated rings. The van der Waals surface area contributed by atoms with Gasteiger partial charge in [-0.15, -0.1) is 22.7 Å². The maximum absolute atomic E-state index is 2.39. The summed E-state index contributed by atoms with van der Waals surface area (Å²) in [5, 5.41) is 2.81. The fraction of sp³-hybridized carbons (Fsp3) is 0.267. The molecule has 2 heteroatoms. The zero-order valence-electron chi connectivity index (χ0n) is 19.5. The van der Waals surface area contributed by atoms with Crippen molar-refractivity contribution in [1.29, 1.82) is 0 Å². The molecule has 0 aliphatic rings. The second-order valence-corrected chi connectivity index (χ2v) is 12.5. The molecule has 0 aliphatic heterocycles. The molecule has 0 aliphatic carbocycles. The van der Waals surface area contributed by atoms with Crippen LogP contribution in [0.2, 0.25) is 0 Å². The molecule has 32 heavy (non-hydrogen) atoms. The maximum Gasteiger partial charge on any atom is 0.0392 e. The van der Waals surface area contributed by atoms with E-state index in [4.69, 9.17) is 0 Å². The van der Waals surface area contributed by atoms with Gasteiger partial charge in [-0.1, -0.05) is 101 Å². The average Bonchev–Trinajstić information content (AvgIpc) is 3.40. The molecule has 0 bridgehead atoms. The topological polar surface area (TPSA) is 0 Å². The standard InChI is InChI=1S/C30H30S2/c1-29(2,3)24-16-10-15-23-22-14-9-13-21(27(22)32-28(23)24)19-30(4,5)26-18-17-25(31-26)20-11-7-6-8-12-20/h6-18H,19H2,1-5H3. The van der Waals surface area contributed by atoms with E-state index in [9.17, 15) is 0 Å². The molecular formula is C30H30S2. The summed E-state index contributed by atoms with van der Waals surface area (Å²) in [6, 6.07) is 29.0. The first kappa shape index (κ1) is 21.4. The lowest BCUT2D eigenvalue weighted by Gasteiger charge is -2.24. The molecule has 0 amide bonds. The Morgan fingerprint density at radius 2 is 1.31 bits per heavy atom. The lowest BCUT2D eigenvalue weighted by Crippen LogP contribution is -2.18. The minimum absolute atomic E-state index is 0.0784. The average molecular weight is 455 g/mol. The van der Waals surface area contributed by atoms with E-state index in [0.29, 0.717) is 0 Å². The third kappa shape index (κ3) is 3.80. The number of hydrogen-bond donors (Lipinski definition) is 0. The molecule has 5 aromatic rings. The molecule has 2 heterocycles. The highest BCUT2D eigenvalue weighted by Crippen LogP contribution is 2.43. The quantitative estimate of drug-likeness (QED) is 0.253. The first-order valence-electron chi connectivity index (χ1n) is 11.3. The minimum atomic E-state index is 0.0784. The van der Waals surface area contributed by atoms with Crippen LogP contribution in [0.5, 0.6) is 0 Å². The van der Waals surface area contributed by atoms with E-state index in [1.165, 1.54) is 46.6 Å². The van der Waals surface area contributed by atoms with E-state index in [0.717, 1.165) is 6.42 Å². The van der Waals surface area contributed by atoms with Crippen LogP contribution in [-0.4, -0.2) is 0 Å². The van der Waals surface area contributed by atoms with Crippen molar-refractivity contribution in [2.24, 2.45) is 0 Å². The Kier molecular flexibility index (Phi) is 5.27. The van der Waals surface area contributed by atoms with Crippen LogP contribution in [-0.2, 0) is 17.3 Å². The van der Waals surface area contributed by atoms with Gasteiger partial charge in [0.2, 0.25) is 0 Å². The summed E-state index contributed by atoms with van der Waals surface area (Å²) in [5.74, 6) is 0. The van der Waals surface area contributed by atoms with Crippen molar-refractivity contribution in [2.45, 2.75) is 51.9 Å². The summed E-state index contributed by atoms with van der Waals surface area (Å²) < 4.78 is 2.90. The number of hydrogen-bond acceptors (Lipinski definition) is 2. The molecule has 0 atom stereocenters. The Morgan fingerprint density at radius 1 is 0.625 bits per heavy atom. The summed E-state index contributed by atoms with van der Waals surface area (Å²) in [7, 11) is 0. The lowest BCUT2D eigenvalue weighted by molar-refractivity contribution is 0.536. The van der Waals surface area contributed by atoms with Gasteiger partial charge in [0.15, 0.2) is 0 Å². The highest BCUT2D eigenvalue weighted by atomic mass is 32.1. The van der Waals surface area contributed by atoms with Crippen molar-refractivity contribution in [2.75, 3.05) is 0 Å². The van der Waals surface area contributed by atoms with Gasteiger partial charge in [0.1, 0.15) is 0 Å². The fourth-order valence-electron chi connectivity index (χ4n) is 4.63. The third-order valence-electron chi connectivity index (χ3n) is 6.38. The molecule has 0 spiro atoms. The Labute approximate surface area is 199 Å². The van der Waals surface area contributed by atoms with Gasteiger partial charge in [-0.05, 0) is 40.7 Å². The molecule has 2 aromatic heterocycles. The van der Waals surface area contributed by atoms with E-state index in [1.54, 1.807) is 0 Å². The van der Waals surface area contributed by atoms with Gasteiger partial charge >= 0.3 is 0 Å². The zero-order chi connectivity index (χ0) is 22.5. The summed E-state index contributed by atoms with van der Waals surface area (Å²) in [5.41, 5.74) is 4.44. The van der Waals surface area contributed by atoms with Crippen LogP contribution >= 0.6 is 22.7 Å². The monoisotopic (exact) mass is 454 g/mol. The molecule has 0 unspecified atom stereocenters. The summed E-state index contributed by atoms with van der Waals surface area (Å²) in [6.45, 7) is 11.7. The van der Waals surface area contributed by atoms with Crippen molar-refractivity contribution in [1.82, 2.24) is 0 Å². The normalized spacial score (nSPS) is 12.7. The molecule has 0 saturated heterocycles. The first-order valence-corrected chi connectivity index (χ1v) is 13.0. The number of fused-ring (bicyclic) bond motifs is 3. The van der Waals surface area contributed by atoms with Crippen molar-refractivity contribution in [3.05, 3.63) is 94.9 Å². The summed E-state index contributed by atoms with van der Waals surface area (Å²) in [6.07, 6.45) is 1.04. The number of benzene rings is 3. The number of thiophene rings is 2. The molecule has 162 valence electrons. The van der Waals surface area contributed by atoms with E-state index in [-0.39, 0.29) is 10.8 Å². The first-order chi connectivity index (χ1) is 15.2. The van der Waals surface area contributed by atoms with E-state index in [1.807, 2.05) is 22.7 Å². The minimum Gasteiger partial charge on any atom is -0.140 e. The largest absolute Gasteiger partial charge is 0.140 e. The van der Waals surface area contributed by atoms with Gasteiger partial charge in [-0.3, -0.25) is 0 Å². The van der Waals surface area contributed by atoms with Gasteiger partial charge in [-0.2, -0.15) is 0 Å². The van der Waals surface area contributed by atoms with Crippen LogP contribution in [0.4, 0.5) is 0 Å². The zero-order valence-corrected chi connectivity index (χ0v) is 21.2. The highest BCUT2D eigenvalue weighted by Gasteiger charge is 2.26. The second kappa shape index (κ2) is 7.86. The molecule has 3 aromatic carbocycles. The number of rotatable bonds is 4.